The van der Waals surface area contributed by atoms with Gasteiger partial charge in [-0.3, -0.25) is 14.5 Å². The SMILES string of the molecule is CCOC(=O)Cn1c(CCc2cccc(F)c2F)cc(=O)c2ccc(CN3CCCCC3)cc21. The van der Waals surface area contributed by atoms with Crippen molar-refractivity contribution in [3.63, 3.8) is 0 Å². The Kier molecular flexibility index (Phi) is 7.73. The Morgan fingerprint density at radius 3 is 2.59 bits per heavy atom. The molecule has 2 aromatic carbocycles. The predicted molar refractivity (Wildman–Crippen MR) is 128 cm³/mol. The predicted octanol–water partition coefficient (Wildman–Crippen LogP) is 4.61. The van der Waals surface area contributed by atoms with Crippen molar-refractivity contribution in [1.82, 2.24) is 9.47 Å². The van der Waals surface area contributed by atoms with Crippen molar-refractivity contribution in [3.8, 4) is 0 Å². The van der Waals surface area contributed by atoms with Gasteiger partial charge in [0.25, 0.3) is 0 Å². The van der Waals surface area contributed by atoms with Crippen molar-refractivity contribution >= 4 is 16.9 Å². The number of pyridine rings is 1. The number of hydrogen-bond acceptors (Lipinski definition) is 4. The first-order chi connectivity index (χ1) is 16.5. The lowest BCUT2D eigenvalue weighted by Crippen LogP contribution is -2.29. The average molecular weight is 469 g/mol. The van der Waals surface area contributed by atoms with Crippen LogP contribution in [0, 0.1) is 11.6 Å². The number of benzene rings is 2. The number of fused-ring (bicyclic) bond motifs is 1. The summed E-state index contributed by atoms with van der Waals surface area (Å²) in [6.07, 6.45) is 4.10. The van der Waals surface area contributed by atoms with Crippen LogP contribution in [0.5, 0.6) is 0 Å². The highest BCUT2D eigenvalue weighted by molar-refractivity contribution is 5.82. The summed E-state index contributed by atoms with van der Waals surface area (Å²) in [4.78, 5) is 27.7. The molecule has 7 heteroatoms. The Labute approximate surface area is 198 Å². The summed E-state index contributed by atoms with van der Waals surface area (Å²) in [6.45, 7) is 4.81. The fourth-order valence-corrected chi connectivity index (χ4v) is 4.68. The number of hydrogen-bond donors (Lipinski definition) is 0. The maximum atomic E-state index is 14.2. The molecule has 1 aliphatic heterocycles. The van der Waals surface area contributed by atoms with Crippen molar-refractivity contribution in [2.45, 2.75) is 52.1 Å². The third-order valence-corrected chi connectivity index (χ3v) is 6.39. The highest BCUT2D eigenvalue weighted by Crippen LogP contribution is 2.21. The van der Waals surface area contributed by atoms with Crippen molar-refractivity contribution in [2.75, 3.05) is 19.7 Å². The molecular weight excluding hydrogens is 438 g/mol. The number of esters is 1. The summed E-state index contributed by atoms with van der Waals surface area (Å²) in [6, 6.07) is 11.3. The molecule has 0 spiro atoms. The fourth-order valence-electron chi connectivity index (χ4n) is 4.68. The van der Waals surface area contributed by atoms with E-state index >= 15 is 0 Å². The minimum Gasteiger partial charge on any atom is -0.465 e. The quantitative estimate of drug-likeness (QED) is 0.453. The maximum Gasteiger partial charge on any atom is 0.325 e. The molecule has 0 aliphatic carbocycles. The van der Waals surface area contributed by atoms with Crippen LogP contribution in [0.25, 0.3) is 10.9 Å². The molecule has 0 radical (unpaired) electrons. The summed E-state index contributed by atoms with van der Waals surface area (Å²) >= 11 is 0. The molecule has 2 heterocycles. The van der Waals surface area contributed by atoms with Crippen LogP contribution in [0.1, 0.15) is 43.0 Å². The van der Waals surface area contributed by atoms with Gasteiger partial charge in [0.2, 0.25) is 0 Å². The van der Waals surface area contributed by atoms with E-state index in [0.29, 0.717) is 16.6 Å². The Hall–Kier alpha value is -3.06. The molecule has 0 unspecified atom stereocenters. The van der Waals surface area contributed by atoms with Crippen molar-refractivity contribution in [2.24, 2.45) is 0 Å². The zero-order chi connectivity index (χ0) is 24.1. The van der Waals surface area contributed by atoms with Crippen LogP contribution in [0.2, 0.25) is 0 Å². The van der Waals surface area contributed by atoms with Crippen LogP contribution in [0.15, 0.2) is 47.3 Å². The summed E-state index contributed by atoms with van der Waals surface area (Å²) in [7, 11) is 0. The summed E-state index contributed by atoms with van der Waals surface area (Å²) in [5.74, 6) is -2.19. The fraction of sp³-hybridized carbons (Fsp3) is 0.407. The number of rotatable bonds is 8. The Morgan fingerprint density at radius 1 is 1.03 bits per heavy atom. The standard InChI is InChI=1S/C27H30F2N2O3/c1-2-34-26(33)18-31-21(11-10-20-7-6-8-23(28)27(20)29)16-25(32)22-12-9-19(15-24(22)31)17-30-13-4-3-5-14-30/h6-9,12,15-16H,2-5,10-11,13-14,17-18H2,1H3. The number of nitrogens with zero attached hydrogens (tertiary/aromatic N) is 2. The van der Waals surface area contributed by atoms with Crippen LogP contribution in [-0.4, -0.2) is 35.1 Å². The zero-order valence-corrected chi connectivity index (χ0v) is 19.5. The lowest BCUT2D eigenvalue weighted by Gasteiger charge is -2.26. The molecule has 0 atom stereocenters. The molecule has 0 N–H and O–H groups in total. The van der Waals surface area contributed by atoms with Gasteiger partial charge < -0.3 is 9.30 Å². The van der Waals surface area contributed by atoms with Gasteiger partial charge in [0.15, 0.2) is 17.1 Å². The van der Waals surface area contributed by atoms with Crippen molar-refractivity contribution < 1.29 is 18.3 Å². The number of ether oxygens (including phenoxy) is 1. The molecule has 0 bridgehead atoms. The largest absolute Gasteiger partial charge is 0.465 e. The van der Waals surface area contributed by atoms with Crippen molar-refractivity contribution in [3.05, 3.63) is 81.1 Å². The van der Waals surface area contributed by atoms with E-state index in [-0.39, 0.29) is 37.0 Å². The van der Waals surface area contributed by atoms with Crippen LogP contribution < -0.4 is 5.43 Å². The van der Waals surface area contributed by atoms with Gasteiger partial charge in [-0.15, -0.1) is 0 Å². The highest BCUT2D eigenvalue weighted by Gasteiger charge is 2.17. The second-order valence-electron chi connectivity index (χ2n) is 8.79. The third-order valence-electron chi connectivity index (χ3n) is 6.39. The zero-order valence-electron chi connectivity index (χ0n) is 19.5. The first kappa shape index (κ1) is 24.1. The van der Waals surface area contributed by atoms with Gasteiger partial charge in [0.1, 0.15) is 6.54 Å². The molecule has 0 amide bonds. The monoisotopic (exact) mass is 468 g/mol. The van der Waals surface area contributed by atoms with Gasteiger partial charge >= 0.3 is 5.97 Å². The topological polar surface area (TPSA) is 51.5 Å². The molecule has 1 fully saturated rings. The van der Waals surface area contributed by atoms with E-state index in [1.807, 2.05) is 18.2 Å². The summed E-state index contributed by atoms with van der Waals surface area (Å²) in [5.41, 5.74) is 2.39. The number of aromatic nitrogens is 1. The number of halogens is 2. The average Bonchev–Trinajstić information content (AvgIpc) is 2.83. The van der Waals surface area contributed by atoms with Gasteiger partial charge in [0, 0.05) is 23.7 Å². The molecule has 3 aromatic rings. The van der Waals surface area contributed by atoms with E-state index in [1.165, 1.54) is 37.5 Å². The third kappa shape index (κ3) is 5.53. The molecule has 180 valence electrons. The Bertz CT molecular complexity index is 1230. The van der Waals surface area contributed by atoms with Crippen LogP contribution >= 0.6 is 0 Å². The van der Waals surface area contributed by atoms with Crippen LogP contribution in [0.4, 0.5) is 8.78 Å². The number of piperidine rings is 1. The van der Waals surface area contributed by atoms with Gasteiger partial charge in [-0.1, -0.05) is 24.6 Å². The Balaban J connectivity index is 1.72. The highest BCUT2D eigenvalue weighted by atomic mass is 19.2. The smallest absolute Gasteiger partial charge is 0.325 e. The van der Waals surface area contributed by atoms with Gasteiger partial charge in [-0.25, -0.2) is 8.78 Å². The van der Waals surface area contributed by atoms with E-state index in [1.54, 1.807) is 11.5 Å². The van der Waals surface area contributed by atoms with Gasteiger partial charge in [0.05, 0.1) is 12.1 Å². The molecule has 0 saturated carbocycles. The summed E-state index contributed by atoms with van der Waals surface area (Å²) < 4.78 is 34.8. The van der Waals surface area contributed by atoms with E-state index in [4.69, 9.17) is 4.74 Å². The number of carbonyl (C=O) groups is 1. The first-order valence-electron chi connectivity index (χ1n) is 11.9. The van der Waals surface area contributed by atoms with E-state index < -0.39 is 17.6 Å². The number of likely N-dealkylation sites (tertiary alicyclic amines) is 1. The molecule has 34 heavy (non-hydrogen) atoms. The Morgan fingerprint density at radius 2 is 1.82 bits per heavy atom. The molecular formula is C27H30F2N2O3. The minimum atomic E-state index is -0.901. The lowest BCUT2D eigenvalue weighted by molar-refractivity contribution is -0.143. The lowest BCUT2D eigenvalue weighted by atomic mass is 10.0. The van der Waals surface area contributed by atoms with Gasteiger partial charge in [-0.2, -0.15) is 0 Å². The van der Waals surface area contributed by atoms with E-state index in [2.05, 4.69) is 4.90 Å². The normalized spacial score (nSPS) is 14.4. The second kappa shape index (κ2) is 10.9. The molecule has 1 aromatic heterocycles. The number of carbonyl (C=O) groups excluding carboxylic acids is 1. The van der Waals surface area contributed by atoms with Crippen molar-refractivity contribution in [1.29, 1.82) is 0 Å². The molecule has 1 saturated heterocycles. The molecule has 5 nitrogen and oxygen atoms in total. The molecule has 1 aliphatic rings. The second-order valence-corrected chi connectivity index (χ2v) is 8.79. The first-order valence-corrected chi connectivity index (χ1v) is 11.9. The van der Waals surface area contributed by atoms with Crippen LogP contribution in [0.3, 0.4) is 0 Å². The minimum absolute atomic E-state index is 0.0568. The van der Waals surface area contributed by atoms with E-state index in [9.17, 15) is 18.4 Å². The summed E-state index contributed by atoms with van der Waals surface area (Å²) in [5, 5.41) is 0.521. The van der Waals surface area contributed by atoms with Gasteiger partial charge in [-0.05, 0) is 75.0 Å². The van der Waals surface area contributed by atoms with Crippen LogP contribution in [-0.2, 0) is 35.5 Å². The number of aryl methyl sites for hydroxylation is 2. The maximum absolute atomic E-state index is 14.2. The molecule has 4 rings (SSSR count). The van der Waals surface area contributed by atoms with E-state index in [0.717, 1.165) is 31.3 Å².